The van der Waals surface area contributed by atoms with Crippen molar-refractivity contribution in [3.63, 3.8) is 0 Å². The largest absolute Gasteiger partial charge is 0.495 e. The molecule has 248 valence electrons. The number of ether oxygens (including phenoxy) is 5. The molecule has 0 fully saturated rings. The third kappa shape index (κ3) is 11.0. The average molecular weight is 659 g/mol. The van der Waals surface area contributed by atoms with Gasteiger partial charge in [0.15, 0.2) is 5.75 Å². The molecule has 0 bridgehead atoms. The fraction of sp³-hybridized carbons (Fsp3) is 0.100. The summed E-state index contributed by atoms with van der Waals surface area (Å²) in [6.45, 7) is 13.5. The van der Waals surface area contributed by atoms with Crippen LogP contribution in [0.15, 0.2) is 111 Å². The van der Waals surface area contributed by atoms with Gasteiger partial charge in [-0.25, -0.2) is 14.4 Å². The highest BCUT2D eigenvalue weighted by molar-refractivity contribution is 5.89. The first kappa shape index (κ1) is 36.8. The molecule has 0 heterocycles. The van der Waals surface area contributed by atoms with Gasteiger partial charge in [0.1, 0.15) is 11.3 Å². The van der Waals surface area contributed by atoms with E-state index in [9.17, 15) is 19.2 Å². The first-order valence-electron chi connectivity index (χ1n) is 14.8. The molecule has 0 spiro atoms. The van der Waals surface area contributed by atoms with E-state index in [1.165, 1.54) is 32.8 Å². The first-order valence-corrected chi connectivity index (χ1v) is 14.8. The molecule has 0 amide bonds. The van der Waals surface area contributed by atoms with Gasteiger partial charge in [-0.15, -0.1) is 0 Å². The number of carbonyl (C=O) groups is 4. The summed E-state index contributed by atoms with van der Waals surface area (Å²) in [6, 6.07) is 16.0. The Morgan fingerprint density at radius 3 is 1.84 bits per heavy atom. The van der Waals surface area contributed by atoms with Gasteiger partial charge in [-0.3, -0.25) is 4.79 Å². The predicted octanol–water partition coefficient (Wildman–Crippen LogP) is 7.57. The summed E-state index contributed by atoms with van der Waals surface area (Å²) in [6.07, 6.45) is 10.7. The summed E-state index contributed by atoms with van der Waals surface area (Å²) in [7, 11) is 1.45. The van der Waals surface area contributed by atoms with Crippen molar-refractivity contribution in [3.8, 4) is 34.5 Å². The highest BCUT2D eigenvalue weighted by Crippen LogP contribution is 2.41. The van der Waals surface area contributed by atoms with Gasteiger partial charge >= 0.3 is 23.9 Å². The molecule has 3 aromatic rings. The fourth-order valence-electron chi connectivity index (χ4n) is 3.97. The average Bonchev–Trinajstić information content (AvgIpc) is 3.11. The molecule has 9 heteroatoms. The molecular weight excluding hydrogens is 624 g/mol. The lowest BCUT2D eigenvalue weighted by molar-refractivity contribution is -0.134. The quantitative estimate of drug-likeness (QED) is 0.0458. The molecule has 0 saturated heterocycles. The topological polar surface area (TPSA) is 114 Å². The monoisotopic (exact) mass is 658 g/mol. The summed E-state index contributed by atoms with van der Waals surface area (Å²) >= 11 is 0. The normalized spacial score (nSPS) is 10.6. The molecule has 0 radical (unpaired) electrons. The molecule has 0 unspecified atom stereocenters. The molecule has 0 aliphatic heterocycles. The van der Waals surface area contributed by atoms with Crippen LogP contribution in [0.25, 0.3) is 29.4 Å². The van der Waals surface area contributed by atoms with Gasteiger partial charge in [-0.1, -0.05) is 74.9 Å². The molecule has 0 saturated carbocycles. The Hall–Kier alpha value is -6.66. The second-order valence-corrected chi connectivity index (χ2v) is 9.94. The van der Waals surface area contributed by atoms with E-state index in [0.29, 0.717) is 22.3 Å². The number of hydrogen-bond donors (Lipinski definition) is 0. The minimum atomic E-state index is -0.615. The molecule has 9 nitrogen and oxygen atoms in total. The lowest BCUT2D eigenvalue weighted by Gasteiger charge is -2.17. The smallest absolute Gasteiger partial charge is 0.337 e. The van der Waals surface area contributed by atoms with Crippen LogP contribution in [0.5, 0.6) is 11.5 Å². The number of methoxy groups -OCH3 is 1. The van der Waals surface area contributed by atoms with Crippen LogP contribution in [0.3, 0.4) is 0 Å². The minimum Gasteiger partial charge on any atom is -0.495 e. The minimum absolute atomic E-state index is 0.109. The number of esters is 4. The molecule has 3 aromatic carbocycles. The predicted molar refractivity (Wildman–Crippen MR) is 187 cm³/mol. The van der Waals surface area contributed by atoms with Crippen molar-refractivity contribution in [2.75, 3.05) is 7.11 Å². The molecule has 0 aliphatic rings. The van der Waals surface area contributed by atoms with Crippen molar-refractivity contribution in [1.82, 2.24) is 0 Å². The van der Waals surface area contributed by atoms with Crippen molar-refractivity contribution in [1.29, 1.82) is 0 Å². The summed E-state index contributed by atoms with van der Waals surface area (Å²) in [5.74, 6) is 4.32. The Balaban J connectivity index is 2.16. The number of benzene rings is 3. The van der Waals surface area contributed by atoms with Crippen LogP contribution in [0, 0.1) is 11.8 Å². The molecule has 0 atom stereocenters. The Labute approximate surface area is 285 Å². The lowest BCUT2D eigenvalue weighted by Crippen LogP contribution is -2.08. The number of rotatable bonds is 13. The van der Waals surface area contributed by atoms with Crippen molar-refractivity contribution in [2.45, 2.75) is 20.3 Å². The summed E-state index contributed by atoms with van der Waals surface area (Å²) in [5.41, 5.74) is 4.38. The van der Waals surface area contributed by atoms with Gasteiger partial charge in [-0.2, -0.15) is 0 Å². The van der Waals surface area contributed by atoms with Crippen molar-refractivity contribution < 1.29 is 42.9 Å². The number of hydrogen-bond acceptors (Lipinski definition) is 9. The van der Waals surface area contributed by atoms with Crippen LogP contribution in [-0.4, -0.2) is 31.0 Å². The lowest BCUT2D eigenvalue weighted by atomic mass is 9.94. The van der Waals surface area contributed by atoms with E-state index in [-0.39, 0.29) is 29.1 Å². The second kappa shape index (κ2) is 18.5. The zero-order chi connectivity index (χ0) is 35.8. The van der Waals surface area contributed by atoms with Crippen molar-refractivity contribution >= 4 is 42.1 Å². The van der Waals surface area contributed by atoms with E-state index in [0.717, 1.165) is 23.3 Å². The van der Waals surface area contributed by atoms with Crippen LogP contribution in [-0.2, 0) is 33.4 Å². The summed E-state index contributed by atoms with van der Waals surface area (Å²) < 4.78 is 26.6. The van der Waals surface area contributed by atoms with Gasteiger partial charge in [0.05, 0.1) is 25.9 Å². The fourth-order valence-corrected chi connectivity index (χ4v) is 3.97. The maximum atomic E-state index is 12.6. The van der Waals surface area contributed by atoms with Crippen molar-refractivity contribution in [2.24, 2.45) is 0 Å². The highest BCUT2D eigenvalue weighted by Gasteiger charge is 2.21. The first-order chi connectivity index (χ1) is 23.6. The third-order valence-electron chi connectivity index (χ3n) is 6.45. The SMILES string of the molecule is C=CC(=O)OC=Cc1ccc(C#Cc2c(OC(=O)CC)cc(-c3ccc(C=COC(=O)C=C)cc3)c(C=COC(=O)C(=C)C)c2OC)cc1. The zero-order valence-corrected chi connectivity index (χ0v) is 27.3. The van der Waals surface area contributed by atoms with E-state index in [1.54, 1.807) is 67.6 Å². The molecule has 0 aliphatic carbocycles. The zero-order valence-electron chi connectivity index (χ0n) is 27.3. The maximum Gasteiger partial charge on any atom is 0.337 e. The van der Waals surface area contributed by atoms with E-state index in [1.807, 2.05) is 12.1 Å². The summed E-state index contributed by atoms with van der Waals surface area (Å²) in [5, 5.41) is 0. The van der Waals surface area contributed by atoms with Crippen LogP contribution < -0.4 is 9.47 Å². The molecule has 0 aromatic heterocycles. The van der Waals surface area contributed by atoms with Gasteiger partial charge < -0.3 is 23.7 Å². The highest BCUT2D eigenvalue weighted by atomic mass is 16.5. The maximum absolute atomic E-state index is 12.6. The second-order valence-electron chi connectivity index (χ2n) is 9.94. The van der Waals surface area contributed by atoms with Gasteiger partial charge in [0, 0.05) is 35.3 Å². The van der Waals surface area contributed by atoms with Gasteiger partial charge in [-0.05, 0) is 65.6 Å². The number of carbonyl (C=O) groups excluding carboxylic acids is 4. The van der Waals surface area contributed by atoms with Gasteiger partial charge in [0.25, 0.3) is 0 Å². The van der Waals surface area contributed by atoms with Crippen molar-refractivity contribution in [3.05, 3.63) is 139 Å². The Kier molecular flexibility index (Phi) is 13.9. The molecule has 49 heavy (non-hydrogen) atoms. The van der Waals surface area contributed by atoms with Crippen LogP contribution in [0.2, 0.25) is 0 Å². The molecular formula is C40H34O9. The summed E-state index contributed by atoms with van der Waals surface area (Å²) in [4.78, 5) is 47.3. The molecule has 0 N–H and O–H groups in total. The Morgan fingerprint density at radius 2 is 1.33 bits per heavy atom. The van der Waals surface area contributed by atoms with E-state index < -0.39 is 23.9 Å². The Morgan fingerprint density at radius 1 is 0.776 bits per heavy atom. The van der Waals surface area contributed by atoms with Crippen LogP contribution in [0.1, 0.15) is 48.1 Å². The third-order valence-corrected chi connectivity index (χ3v) is 6.45. The molecule has 3 rings (SSSR count). The van der Waals surface area contributed by atoms with Crippen LogP contribution >= 0.6 is 0 Å². The van der Waals surface area contributed by atoms with Gasteiger partial charge in [0.2, 0.25) is 0 Å². The van der Waals surface area contributed by atoms with E-state index in [2.05, 4.69) is 31.6 Å². The Bertz CT molecular complexity index is 1900. The van der Waals surface area contributed by atoms with E-state index >= 15 is 0 Å². The standard InChI is InChI=1S/C40H34O9/c1-7-36(41)46-23-20-29-12-10-28(11-13-29)16-19-33-35(49-38(43)9-3)26-34(32(39(33)45-6)22-25-48-40(44)27(4)5)31-17-14-30(15-18-31)21-24-47-37(42)8-2/h7-8,10-15,17-18,20-26H,1-2,4,9H2,3,5-6H3. The van der Waals surface area contributed by atoms with E-state index in [4.69, 9.17) is 23.7 Å². The van der Waals surface area contributed by atoms with Crippen LogP contribution in [0.4, 0.5) is 0 Å².